The van der Waals surface area contributed by atoms with E-state index in [0.29, 0.717) is 12.1 Å². The molecule has 0 fully saturated rings. The summed E-state index contributed by atoms with van der Waals surface area (Å²) in [6.45, 7) is 0. The Kier molecular flexibility index (Phi) is 3.21. The molecule has 0 aliphatic rings. The van der Waals surface area contributed by atoms with Crippen LogP contribution >= 0.6 is 0 Å². The van der Waals surface area contributed by atoms with Crippen LogP contribution in [0.1, 0.15) is 11.7 Å². The van der Waals surface area contributed by atoms with E-state index in [1.54, 1.807) is 0 Å². The number of carbonyl (C=O) groups is 1. The quantitative estimate of drug-likeness (QED) is 0.796. The number of hydrogen-bond acceptors (Lipinski definition) is 3. The maximum absolute atomic E-state index is 13.1. The van der Waals surface area contributed by atoms with E-state index < -0.39 is 35.0 Å². The summed E-state index contributed by atoms with van der Waals surface area (Å²) in [5.41, 5.74) is -0.456. The zero-order valence-corrected chi connectivity index (χ0v) is 7.70. The average molecular weight is 218 g/mol. The molecule has 1 unspecified atom stereocenters. The van der Waals surface area contributed by atoms with Crippen molar-refractivity contribution in [3.63, 3.8) is 0 Å². The third-order valence-electron chi connectivity index (χ3n) is 1.77. The van der Waals surface area contributed by atoms with E-state index in [1.165, 1.54) is 0 Å². The standard InChI is InChI=1S/C9H8F2O4/c1-15-8-5(7(12)9(13)14)2-4(10)3-6(8)11/h2-3,7,12H,1H3,(H,13,14). The molecule has 0 spiro atoms. The van der Waals surface area contributed by atoms with Gasteiger partial charge in [-0.2, -0.15) is 0 Å². The van der Waals surface area contributed by atoms with Crippen LogP contribution in [0.5, 0.6) is 5.75 Å². The number of rotatable bonds is 3. The number of carboxylic acids is 1. The van der Waals surface area contributed by atoms with Gasteiger partial charge in [-0.05, 0) is 6.07 Å². The lowest BCUT2D eigenvalue weighted by Crippen LogP contribution is -2.12. The number of ether oxygens (including phenoxy) is 1. The maximum Gasteiger partial charge on any atom is 0.337 e. The van der Waals surface area contributed by atoms with Gasteiger partial charge in [0.25, 0.3) is 0 Å². The first-order valence-corrected chi connectivity index (χ1v) is 3.91. The van der Waals surface area contributed by atoms with Crippen molar-refractivity contribution in [2.75, 3.05) is 7.11 Å². The first kappa shape index (κ1) is 11.4. The summed E-state index contributed by atoms with van der Waals surface area (Å²) in [6, 6.07) is 1.25. The van der Waals surface area contributed by atoms with E-state index in [9.17, 15) is 13.6 Å². The fourth-order valence-corrected chi connectivity index (χ4v) is 1.13. The zero-order chi connectivity index (χ0) is 11.6. The van der Waals surface area contributed by atoms with Gasteiger partial charge in [0, 0.05) is 11.6 Å². The normalized spacial score (nSPS) is 12.3. The lowest BCUT2D eigenvalue weighted by atomic mass is 10.1. The summed E-state index contributed by atoms with van der Waals surface area (Å²) in [4.78, 5) is 10.4. The molecular weight excluding hydrogens is 210 g/mol. The Hall–Kier alpha value is -1.69. The van der Waals surface area contributed by atoms with E-state index in [-0.39, 0.29) is 0 Å². The second-order valence-electron chi connectivity index (χ2n) is 2.75. The van der Waals surface area contributed by atoms with E-state index in [1.807, 2.05) is 0 Å². The van der Waals surface area contributed by atoms with Gasteiger partial charge in [-0.3, -0.25) is 0 Å². The molecule has 0 radical (unpaired) electrons. The number of methoxy groups -OCH3 is 1. The van der Waals surface area contributed by atoms with Crippen LogP contribution in [0, 0.1) is 11.6 Å². The first-order valence-electron chi connectivity index (χ1n) is 3.91. The molecule has 0 bridgehead atoms. The summed E-state index contributed by atoms with van der Waals surface area (Å²) in [5.74, 6) is -4.14. The van der Waals surface area contributed by atoms with Crippen molar-refractivity contribution in [1.29, 1.82) is 0 Å². The van der Waals surface area contributed by atoms with Crippen molar-refractivity contribution in [2.45, 2.75) is 6.10 Å². The van der Waals surface area contributed by atoms with Gasteiger partial charge in [-0.1, -0.05) is 0 Å². The van der Waals surface area contributed by atoms with E-state index >= 15 is 0 Å². The Balaban J connectivity index is 3.32. The highest BCUT2D eigenvalue weighted by atomic mass is 19.1. The number of aliphatic carboxylic acids is 1. The molecule has 0 saturated carbocycles. The smallest absolute Gasteiger partial charge is 0.337 e. The van der Waals surface area contributed by atoms with Gasteiger partial charge in [0.1, 0.15) is 5.82 Å². The molecule has 0 aliphatic carbocycles. The SMILES string of the molecule is COc1c(F)cc(F)cc1C(O)C(=O)O. The molecule has 1 aromatic rings. The number of aliphatic hydroxyl groups is 1. The van der Waals surface area contributed by atoms with Crippen LogP contribution in [0.15, 0.2) is 12.1 Å². The topological polar surface area (TPSA) is 66.8 Å². The largest absolute Gasteiger partial charge is 0.493 e. The lowest BCUT2D eigenvalue weighted by molar-refractivity contribution is -0.147. The van der Waals surface area contributed by atoms with Crippen LogP contribution in [0.4, 0.5) is 8.78 Å². The van der Waals surface area contributed by atoms with Gasteiger partial charge in [0.2, 0.25) is 0 Å². The predicted octanol–water partition coefficient (Wildman–Crippen LogP) is 1.09. The molecule has 0 aromatic heterocycles. The third-order valence-corrected chi connectivity index (χ3v) is 1.77. The Morgan fingerprint density at radius 2 is 2.07 bits per heavy atom. The monoisotopic (exact) mass is 218 g/mol. The molecule has 1 aromatic carbocycles. The van der Waals surface area contributed by atoms with Gasteiger partial charge >= 0.3 is 5.97 Å². The number of benzene rings is 1. The fourth-order valence-electron chi connectivity index (χ4n) is 1.13. The van der Waals surface area contributed by atoms with Crippen LogP contribution in [0.2, 0.25) is 0 Å². The van der Waals surface area contributed by atoms with Crippen molar-refractivity contribution in [2.24, 2.45) is 0 Å². The number of hydrogen-bond donors (Lipinski definition) is 2. The van der Waals surface area contributed by atoms with Crippen LogP contribution in [0.25, 0.3) is 0 Å². The summed E-state index contributed by atoms with van der Waals surface area (Å²) < 4.78 is 30.4. The van der Waals surface area contributed by atoms with Gasteiger partial charge in [0.15, 0.2) is 17.7 Å². The molecule has 0 amide bonds. The van der Waals surface area contributed by atoms with Crippen LogP contribution in [-0.2, 0) is 4.79 Å². The van der Waals surface area contributed by atoms with E-state index in [0.717, 1.165) is 7.11 Å². The van der Waals surface area contributed by atoms with Crippen molar-refractivity contribution >= 4 is 5.97 Å². The molecular formula is C9H8F2O4. The summed E-state index contributed by atoms with van der Waals surface area (Å²) in [6.07, 6.45) is -2.02. The summed E-state index contributed by atoms with van der Waals surface area (Å²) >= 11 is 0. The molecule has 6 heteroatoms. The van der Waals surface area contributed by atoms with Gasteiger partial charge < -0.3 is 14.9 Å². The summed E-state index contributed by atoms with van der Waals surface area (Å²) in [7, 11) is 1.09. The number of halogens is 2. The van der Waals surface area contributed by atoms with Gasteiger partial charge in [0.05, 0.1) is 7.11 Å². The molecule has 4 nitrogen and oxygen atoms in total. The van der Waals surface area contributed by atoms with Crippen molar-refractivity contribution in [3.05, 3.63) is 29.3 Å². The second-order valence-corrected chi connectivity index (χ2v) is 2.75. The first-order chi connectivity index (χ1) is 6.97. The highest BCUT2D eigenvalue weighted by molar-refractivity contribution is 5.75. The second kappa shape index (κ2) is 4.22. The maximum atomic E-state index is 13.1. The molecule has 1 atom stereocenters. The van der Waals surface area contributed by atoms with Crippen molar-refractivity contribution in [3.8, 4) is 5.75 Å². The highest BCUT2D eigenvalue weighted by Crippen LogP contribution is 2.29. The lowest BCUT2D eigenvalue weighted by Gasteiger charge is -2.11. The van der Waals surface area contributed by atoms with Crippen molar-refractivity contribution in [1.82, 2.24) is 0 Å². The Bertz CT molecular complexity index is 392. The van der Waals surface area contributed by atoms with Crippen LogP contribution in [0.3, 0.4) is 0 Å². The minimum atomic E-state index is -2.02. The Labute approximate surface area is 83.7 Å². The van der Waals surface area contributed by atoms with Gasteiger partial charge in [-0.15, -0.1) is 0 Å². The molecule has 0 aliphatic heterocycles. The minimum absolute atomic E-state index is 0.456. The molecule has 15 heavy (non-hydrogen) atoms. The van der Waals surface area contributed by atoms with Crippen LogP contribution < -0.4 is 4.74 Å². The van der Waals surface area contributed by atoms with Gasteiger partial charge in [-0.25, -0.2) is 13.6 Å². The molecule has 2 N–H and O–H groups in total. The molecule has 82 valence electrons. The zero-order valence-electron chi connectivity index (χ0n) is 7.70. The number of carboxylic acid groups (broad SMARTS) is 1. The molecule has 0 heterocycles. The Morgan fingerprint density at radius 1 is 1.47 bits per heavy atom. The summed E-state index contributed by atoms with van der Waals surface area (Å²) in [5, 5.41) is 17.6. The fraction of sp³-hybridized carbons (Fsp3) is 0.222. The minimum Gasteiger partial charge on any atom is -0.493 e. The third kappa shape index (κ3) is 2.21. The molecule has 0 saturated heterocycles. The molecule has 1 rings (SSSR count). The highest BCUT2D eigenvalue weighted by Gasteiger charge is 2.23. The van der Waals surface area contributed by atoms with Crippen molar-refractivity contribution < 1.29 is 28.5 Å². The Morgan fingerprint density at radius 3 is 2.53 bits per heavy atom. The van der Waals surface area contributed by atoms with E-state index in [2.05, 4.69) is 4.74 Å². The number of aliphatic hydroxyl groups excluding tert-OH is 1. The predicted molar refractivity (Wildman–Crippen MR) is 45.5 cm³/mol. The van der Waals surface area contributed by atoms with Crippen LogP contribution in [-0.4, -0.2) is 23.3 Å². The average Bonchev–Trinajstić information content (AvgIpc) is 2.15. The van der Waals surface area contributed by atoms with E-state index in [4.69, 9.17) is 10.2 Å².